The van der Waals surface area contributed by atoms with E-state index < -0.39 is 0 Å². The zero-order valence-corrected chi connectivity index (χ0v) is 15.5. The third-order valence-electron chi connectivity index (χ3n) is 4.95. The number of carbonyl (C=O) groups excluding carboxylic acids is 1. The van der Waals surface area contributed by atoms with Crippen molar-refractivity contribution in [2.45, 2.75) is 19.4 Å². The van der Waals surface area contributed by atoms with E-state index in [-0.39, 0.29) is 5.91 Å². The van der Waals surface area contributed by atoms with Gasteiger partial charge in [0.1, 0.15) is 11.5 Å². The van der Waals surface area contributed by atoms with E-state index in [1.807, 2.05) is 41.9 Å². The predicted octanol–water partition coefficient (Wildman–Crippen LogP) is 3.76. The van der Waals surface area contributed by atoms with Gasteiger partial charge in [-0.3, -0.25) is 4.79 Å². The van der Waals surface area contributed by atoms with Gasteiger partial charge in [-0.2, -0.15) is 0 Å². The first-order chi connectivity index (χ1) is 12.6. The Morgan fingerprint density at radius 3 is 2.77 bits per heavy atom. The summed E-state index contributed by atoms with van der Waals surface area (Å²) in [6.07, 6.45) is 4.23. The molecule has 1 aliphatic rings. The SMILES string of the molecule is Cn1c(C(=O)NCc2ccnc(N3CCCC3)c2)c(Cl)c2ccccc21. The zero-order chi connectivity index (χ0) is 18.1. The minimum absolute atomic E-state index is 0.173. The summed E-state index contributed by atoms with van der Waals surface area (Å²) in [6, 6.07) is 11.7. The van der Waals surface area contributed by atoms with Gasteiger partial charge in [0.25, 0.3) is 5.91 Å². The molecule has 0 aliphatic carbocycles. The second-order valence-corrected chi connectivity index (χ2v) is 7.02. The summed E-state index contributed by atoms with van der Waals surface area (Å²) in [7, 11) is 1.86. The average Bonchev–Trinajstić information content (AvgIpc) is 3.29. The Morgan fingerprint density at radius 1 is 1.23 bits per heavy atom. The highest BCUT2D eigenvalue weighted by Crippen LogP contribution is 2.29. The van der Waals surface area contributed by atoms with Crippen molar-refractivity contribution < 1.29 is 4.79 Å². The lowest BCUT2D eigenvalue weighted by molar-refractivity contribution is 0.0943. The summed E-state index contributed by atoms with van der Waals surface area (Å²) in [5.74, 6) is 0.810. The summed E-state index contributed by atoms with van der Waals surface area (Å²) >= 11 is 6.45. The topological polar surface area (TPSA) is 50.2 Å². The molecule has 0 bridgehead atoms. The molecule has 1 amide bonds. The van der Waals surface area contributed by atoms with Crippen LogP contribution < -0.4 is 10.2 Å². The molecule has 134 valence electrons. The van der Waals surface area contributed by atoms with Crippen LogP contribution in [0.4, 0.5) is 5.82 Å². The minimum atomic E-state index is -0.173. The van der Waals surface area contributed by atoms with E-state index in [1.165, 1.54) is 12.8 Å². The molecule has 0 spiro atoms. The molecule has 3 aromatic rings. The molecular weight excluding hydrogens is 348 g/mol. The van der Waals surface area contributed by atoms with E-state index in [0.29, 0.717) is 17.3 Å². The molecule has 1 saturated heterocycles. The molecule has 0 radical (unpaired) electrons. The van der Waals surface area contributed by atoms with E-state index in [1.54, 1.807) is 6.20 Å². The molecule has 0 unspecified atom stereocenters. The number of halogens is 1. The van der Waals surface area contributed by atoms with Gasteiger partial charge >= 0.3 is 0 Å². The fraction of sp³-hybridized carbons (Fsp3) is 0.300. The minimum Gasteiger partial charge on any atom is -0.357 e. The number of hydrogen-bond donors (Lipinski definition) is 1. The number of amides is 1. The van der Waals surface area contributed by atoms with Gasteiger partial charge in [-0.1, -0.05) is 29.8 Å². The number of nitrogens with zero attached hydrogens (tertiary/aromatic N) is 3. The monoisotopic (exact) mass is 368 g/mol. The first-order valence-electron chi connectivity index (χ1n) is 8.86. The van der Waals surface area contributed by atoms with Crippen molar-refractivity contribution in [3.63, 3.8) is 0 Å². The molecule has 6 heteroatoms. The molecule has 26 heavy (non-hydrogen) atoms. The van der Waals surface area contributed by atoms with Crippen LogP contribution in [0.5, 0.6) is 0 Å². The maximum atomic E-state index is 12.7. The third kappa shape index (κ3) is 3.03. The van der Waals surface area contributed by atoms with Crippen molar-refractivity contribution in [1.82, 2.24) is 14.9 Å². The zero-order valence-electron chi connectivity index (χ0n) is 14.7. The smallest absolute Gasteiger partial charge is 0.269 e. The maximum Gasteiger partial charge on any atom is 0.269 e. The molecule has 4 rings (SSSR count). The molecule has 3 heterocycles. The van der Waals surface area contributed by atoms with Crippen LogP contribution in [0.25, 0.3) is 10.9 Å². The Morgan fingerprint density at radius 2 is 2.00 bits per heavy atom. The number of aryl methyl sites for hydroxylation is 1. The van der Waals surface area contributed by atoms with Gasteiger partial charge in [-0.25, -0.2) is 4.98 Å². The van der Waals surface area contributed by atoms with Crippen LogP contribution in [0.1, 0.15) is 28.9 Å². The summed E-state index contributed by atoms with van der Waals surface area (Å²) in [5.41, 5.74) is 2.47. The van der Waals surface area contributed by atoms with Gasteiger partial charge in [0.2, 0.25) is 0 Å². The number of hydrogen-bond acceptors (Lipinski definition) is 3. The van der Waals surface area contributed by atoms with Gasteiger partial charge in [-0.15, -0.1) is 0 Å². The van der Waals surface area contributed by atoms with E-state index in [4.69, 9.17) is 11.6 Å². The third-order valence-corrected chi connectivity index (χ3v) is 5.34. The van der Waals surface area contributed by atoms with E-state index in [9.17, 15) is 4.79 Å². The summed E-state index contributed by atoms with van der Waals surface area (Å²) < 4.78 is 1.84. The van der Waals surface area contributed by atoms with Gasteiger partial charge in [0, 0.05) is 43.8 Å². The average molecular weight is 369 g/mol. The lowest BCUT2D eigenvalue weighted by Gasteiger charge is -2.17. The van der Waals surface area contributed by atoms with Crippen LogP contribution in [0.15, 0.2) is 42.6 Å². The number of aromatic nitrogens is 2. The van der Waals surface area contributed by atoms with Gasteiger partial charge in [-0.05, 0) is 36.6 Å². The van der Waals surface area contributed by atoms with Crippen molar-refractivity contribution in [2.24, 2.45) is 7.05 Å². The number of nitrogens with one attached hydrogen (secondary N) is 1. The number of rotatable bonds is 4. The fourth-order valence-corrected chi connectivity index (χ4v) is 3.93. The van der Waals surface area contributed by atoms with Crippen molar-refractivity contribution in [2.75, 3.05) is 18.0 Å². The Kier molecular flexibility index (Phi) is 4.55. The first-order valence-corrected chi connectivity index (χ1v) is 9.24. The fourth-order valence-electron chi connectivity index (χ4n) is 3.55. The highest BCUT2D eigenvalue weighted by atomic mass is 35.5. The molecular formula is C20H21ClN4O. The van der Waals surface area contributed by atoms with Crippen LogP contribution >= 0.6 is 11.6 Å². The predicted molar refractivity (Wildman–Crippen MR) is 105 cm³/mol. The van der Waals surface area contributed by atoms with Crippen molar-refractivity contribution in [1.29, 1.82) is 0 Å². The Labute approximate surface area is 157 Å². The normalized spacial score (nSPS) is 14.2. The Balaban J connectivity index is 1.52. The molecule has 0 saturated carbocycles. The van der Waals surface area contributed by atoms with Gasteiger partial charge in [0.05, 0.1) is 5.02 Å². The molecule has 1 aromatic carbocycles. The Bertz CT molecular complexity index is 921. The van der Waals surface area contributed by atoms with Gasteiger partial charge < -0.3 is 14.8 Å². The molecule has 1 fully saturated rings. The first kappa shape index (κ1) is 16.9. The van der Waals surface area contributed by atoms with Crippen molar-refractivity contribution >= 4 is 34.2 Å². The van der Waals surface area contributed by atoms with Crippen LogP contribution in [0, 0.1) is 0 Å². The van der Waals surface area contributed by atoms with Crippen LogP contribution in [0.3, 0.4) is 0 Å². The van der Waals surface area contributed by atoms with Crippen molar-refractivity contribution in [3.05, 3.63) is 58.9 Å². The lowest BCUT2D eigenvalue weighted by Crippen LogP contribution is -2.25. The van der Waals surface area contributed by atoms with Crippen LogP contribution in [-0.4, -0.2) is 28.5 Å². The number of pyridine rings is 1. The molecule has 5 nitrogen and oxygen atoms in total. The second-order valence-electron chi connectivity index (χ2n) is 6.64. The lowest BCUT2D eigenvalue weighted by atomic mass is 10.2. The molecule has 1 N–H and O–H groups in total. The van der Waals surface area contributed by atoms with Crippen LogP contribution in [-0.2, 0) is 13.6 Å². The van der Waals surface area contributed by atoms with E-state index >= 15 is 0 Å². The quantitative estimate of drug-likeness (QED) is 0.762. The number of benzene rings is 1. The largest absolute Gasteiger partial charge is 0.357 e. The Hall–Kier alpha value is -2.53. The number of fused-ring (bicyclic) bond motifs is 1. The highest BCUT2D eigenvalue weighted by Gasteiger charge is 2.19. The number of anilines is 1. The number of carbonyl (C=O) groups is 1. The van der Waals surface area contributed by atoms with Crippen LogP contribution in [0.2, 0.25) is 5.02 Å². The maximum absolute atomic E-state index is 12.7. The van der Waals surface area contributed by atoms with E-state index in [0.717, 1.165) is 35.4 Å². The van der Waals surface area contributed by atoms with Crippen molar-refractivity contribution in [3.8, 4) is 0 Å². The standard InChI is InChI=1S/C20H21ClN4O/c1-24-16-7-3-2-6-15(16)18(21)19(24)20(26)23-13-14-8-9-22-17(12-14)25-10-4-5-11-25/h2-3,6-9,12H,4-5,10-11,13H2,1H3,(H,23,26). The summed E-state index contributed by atoms with van der Waals surface area (Å²) in [4.78, 5) is 19.5. The number of para-hydroxylation sites is 1. The second kappa shape index (κ2) is 7.00. The van der Waals surface area contributed by atoms with Gasteiger partial charge in [0.15, 0.2) is 0 Å². The molecule has 0 atom stereocenters. The summed E-state index contributed by atoms with van der Waals surface area (Å²) in [6.45, 7) is 2.54. The molecule has 2 aromatic heterocycles. The van der Waals surface area contributed by atoms with E-state index in [2.05, 4.69) is 21.3 Å². The highest BCUT2D eigenvalue weighted by molar-refractivity contribution is 6.38. The summed E-state index contributed by atoms with van der Waals surface area (Å²) in [5, 5.41) is 4.37. The molecule has 1 aliphatic heterocycles.